The molecule has 1 atom stereocenters. The topological polar surface area (TPSA) is 15.3 Å². The van der Waals surface area contributed by atoms with Gasteiger partial charge in [-0.2, -0.15) is 0 Å². The van der Waals surface area contributed by atoms with E-state index in [2.05, 4.69) is 62.3 Å². The average molecular weight is 220 g/mol. The summed E-state index contributed by atoms with van der Waals surface area (Å²) in [5, 5.41) is 3.46. The summed E-state index contributed by atoms with van der Waals surface area (Å²) >= 11 is 0. The lowest BCUT2D eigenvalue weighted by molar-refractivity contribution is 0.582. The van der Waals surface area contributed by atoms with Gasteiger partial charge >= 0.3 is 0 Å². The molecular weight excluding hydrogens is 196 g/mol. The SMILES string of the molecule is CCCNCC(C)N(C)c1ccc(C)cc1. The molecule has 0 fully saturated rings. The zero-order valence-corrected chi connectivity index (χ0v) is 11.0. The Kier molecular flexibility index (Phi) is 5.33. The van der Waals surface area contributed by atoms with E-state index in [0.717, 1.165) is 13.1 Å². The molecule has 90 valence electrons. The second-order valence-electron chi connectivity index (χ2n) is 4.50. The van der Waals surface area contributed by atoms with E-state index < -0.39 is 0 Å². The zero-order chi connectivity index (χ0) is 12.0. The van der Waals surface area contributed by atoms with E-state index in [1.54, 1.807) is 0 Å². The molecule has 0 radical (unpaired) electrons. The van der Waals surface area contributed by atoms with E-state index >= 15 is 0 Å². The Bertz CT molecular complexity index is 292. The molecule has 0 bridgehead atoms. The van der Waals surface area contributed by atoms with Crippen molar-refractivity contribution in [3.8, 4) is 0 Å². The number of benzene rings is 1. The summed E-state index contributed by atoms with van der Waals surface area (Å²) in [7, 11) is 2.16. The van der Waals surface area contributed by atoms with Gasteiger partial charge < -0.3 is 10.2 Å². The van der Waals surface area contributed by atoms with Crippen LogP contribution < -0.4 is 10.2 Å². The molecule has 0 aliphatic heterocycles. The number of rotatable bonds is 6. The number of anilines is 1. The molecule has 0 aliphatic carbocycles. The summed E-state index contributed by atoms with van der Waals surface area (Å²) < 4.78 is 0. The Morgan fingerprint density at radius 2 is 1.88 bits per heavy atom. The Labute approximate surface area is 99.7 Å². The molecule has 0 saturated heterocycles. The first-order valence-corrected chi connectivity index (χ1v) is 6.15. The predicted octanol–water partition coefficient (Wildman–Crippen LogP) is 2.82. The van der Waals surface area contributed by atoms with Crippen LogP contribution in [0.25, 0.3) is 0 Å². The Hall–Kier alpha value is -1.02. The van der Waals surface area contributed by atoms with E-state index in [9.17, 15) is 0 Å². The minimum atomic E-state index is 0.522. The van der Waals surface area contributed by atoms with E-state index in [-0.39, 0.29) is 0 Å². The van der Waals surface area contributed by atoms with Crippen LogP contribution in [-0.4, -0.2) is 26.2 Å². The third kappa shape index (κ3) is 3.86. The molecular formula is C14H24N2. The van der Waals surface area contributed by atoms with Gasteiger partial charge in [-0.25, -0.2) is 0 Å². The highest BCUT2D eigenvalue weighted by Gasteiger charge is 2.08. The van der Waals surface area contributed by atoms with Gasteiger partial charge in [0.25, 0.3) is 0 Å². The van der Waals surface area contributed by atoms with E-state index in [1.807, 2.05) is 0 Å². The molecule has 2 heteroatoms. The third-order valence-corrected chi connectivity index (χ3v) is 2.97. The number of hydrogen-bond acceptors (Lipinski definition) is 2. The normalized spacial score (nSPS) is 12.5. The fraction of sp³-hybridized carbons (Fsp3) is 0.571. The minimum absolute atomic E-state index is 0.522. The molecule has 0 spiro atoms. The maximum absolute atomic E-state index is 3.46. The van der Waals surface area contributed by atoms with Crippen LogP contribution in [0.1, 0.15) is 25.8 Å². The van der Waals surface area contributed by atoms with Gasteiger partial charge in [0, 0.05) is 25.3 Å². The average Bonchev–Trinajstić information content (AvgIpc) is 2.29. The van der Waals surface area contributed by atoms with Crippen molar-refractivity contribution in [3.05, 3.63) is 29.8 Å². The van der Waals surface area contributed by atoms with Crippen molar-refractivity contribution in [2.24, 2.45) is 0 Å². The zero-order valence-electron chi connectivity index (χ0n) is 11.0. The van der Waals surface area contributed by atoms with E-state index in [1.165, 1.54) is 17.7 Å². The summed E-state index contributed by atoms with van der Waals surface area (Å²) in [6.07, 6.45) is 1.20. The molecule has 1 N–H and O–H groups in total. The molecule has 0 aliphatic rings. The highest BCUT2D eigenvalue weighted by Crippen LogP contribution is 2.15. The van der Waals surface area contributed by atoms with Crippen molar-refractivity contribution in [2.75, 3.05) is 25.0 Å². The van der Waals surface area contributed by atoms with E-state index in [0.29, 0.717) is 6.04 Å². The van der Waals surface area contributed by atoms with Crippen molar-refractivity contribution in [1.29, 1.82) is 0 Å². The van der Waals surface area contributed by atoms with Crippen molar-refractivity contribution in [3.63, 3.8) is 0 Å². The smallest absolute Gasteiger partial charge is 0.0383 e. The molecule has 1 aromatic rings. The summed E-state index contributed by atoms with van der Waals surface area (Å²) in [6, 6.07) is 9.22. The quantitative estimate of drug-likeness (QED) is 0.742. The van der Waals surface area contributed by atoms with Crippen LogP contribution in [-0.2, 0) is 0 Å². The molecule has 1 rings (SSSR count). The molecule has 0 saturated carbocycles. The standard InChI is InChI=1S/C14H24N2/c1-5-10-15-11-13(3)16(4)14-8-6-12(2)7-9-14/h6-9,13,15H,5,10-11H2,1-4H3. The van der Waals surface area contributed by atoms with Gasteiger partial charge in [0.05, 0.1) is 0 Å². The second-order valence-corrected chi connectivity index (χ2v) is 4.50. The summed E-state index contributed by atoms with van der Waals surface area (Å²) in [6.45, 7) is 8.71. The van der Waals surface area contributed by atoms with Gasteiger partial charge in [-0.05, 0) is 38.9 Å². The fourth-order valence-corrected chi connectivity index (χ4v) is 1.66. The lowest BCUT2D eigenvalue weighted by Gasteiger charge is -2.27. The highest BCUT2D eigenvalue weighted by atomic mass is 15.1. The lowest BCUT2D eigenvalue weighted by atomic mass is 10.2. The van der Waals surface area contributed by atoms with Crippen molar-refractivity contribution in [1.82, 2.24) is 5.32 Å². The van der Waals surface area contributed by atoms with Gasteiger partial charge in [0.15, 0.2) is 0 Å². The van der Waals surface area contributed by atoms with Crippen molar-refractivity contribution >= 4 is 5.69 Å². The number of likely N-dealkylation sites (N-methyl/N-ethyl adjacent to an activating group) is 1. The van der Waals surface area contributed by atoms with Gasteiger partial charge in [0.1, 0.15) is 0 Å². The van der Waals surface area contributed by atoms with Crippen molar-refractivity contribution in [2.45, 2.75) is 33.2 Å². The highest BCUT2D eigenvalue weighted by molar-refractivity contribution is 5.47. The molecule has 0 amide bonds. The number of nitrogens with zero attached hydrogens (tertiary/aromatic N) is 1. The second kappa shape index (κ2) is 6.54. The first kappa shape index (κ1) is 13.0. The Balaban J connectivity index is 2.49. The molecule has 1 aromatic carbocycles. The number of aryl methyl sites for hydroxylation is 1. The van der Waals surface area contributed by atoms with Gasteiger partial charge in [-0.1, -0.05) is 24.6 Å². The Morgan fingerprint density at radius 3 is 2.44 bits per heavy atom. The van der Waals surface area contributed by atoms with Crippen molar-refractivity contribution < 1.29 is 0 Å². The summed E-state index contributed by atoms with van der Waals surface area (Å²) in [5.74, 6) is 0. The van der Waals surface area contributed by atoms with Crippen LogP contribution in [0.15, 0.2) is 24.3 Å². The minimum Gasteiger partial charge on any atom is -0.371 e. The van der Waals surface area contributed by atoms with Crippen LogP contribution >= 0.6 is 0 Å². The summed E-state index contributed by atoms with van der Waals surface area (Å²) in [4.78, 5) is 2.32. The largest absolute Gasteiger partial charge is 0.371 e. The van der Waals surface area contributed by atoms with Crippen LogP contribution in [0.4, 0.5) is 5.69 Å². The van der Waals surface area contributed by atoms with Gasteiger partial charge in [0.2, 0.25) is 0 Å². The maximum atomic E-state index is 3.46. The first-order chi connectivity index (χ1) is 7.65. The number of hydrogen-bond donors (Lipinski definition) is 1. The predicted molar refractivity (Wildman–Crippen MR) is 72.2 cm³/mol. The van der Waals surface area contributed by atoms with Crippen LogP contribution in [0.2, 0.25) is 0 Å². The molecule has 1 unspecified atom stereocenters. The first-order valence-electron chi connectivity index (χ1n) is 6.15. The maximum Gasteiger partial charge on any atom is 0.0383 e. The van der Waals surface area contributed by atoms with Gasteiger partial charge in [-0.15, -0.1) is 0 Å². The van der Waals surface area contributed by atoms with Crippen LogP contribution in [0.3, 0.4) is 0 Å². The van der Waals surface area contributed by atoms with Crippen LogP contribution in [0, 0.1) is 6.92 Å². The fourth-order valence-electron chi connectivity index (χ4n) is 1.66. The molecule has 2 nitrogen and oxygen atoms in total. The lowest BCUT2D eigenvalue weighted by Crippen LogP contribution is -2.38. The third-order valence-electron chi connectivity index (χ3n) is 2.97. The molecule has 0 heterocycles. The summed E-state index contributed by atoms with van der Waals surface area (Å²) in [5.41, 5.74) is 2.60. The van der Waals surface area contributed by atoms with E-state index in [4.69, 9.17) is 0 Å². The molecule has 16 heavy (non-hydrogen) atoms. The molecule has 0 aromatic heterocycles. The Morgan fingerprint density at radius 1 is 1.25 bits per heavy atom. The monoisotopic (exact) mass is 220 g/mol. The van der Waals surface area contributed by atoms with Gasteiger partial charge in [-0.3, -0.25) is 0 Å². The number of nitrogens with one attached hydrogen (secondary N) is 1. The van der Waals surface area contributed by atoms with Crippen LogP contribution in [0.5, 0.6) is 0 Å².